The van der Waals surface area contributed by atoms with Crippen molar-refractivity contribution in [2.75, 3.05) is 26.8 Å². The standard InChI is InChI=1S/C27H36Cl2N2O4/c1-26(2,3)24(31-14-12-27(33,13-15-31)19-8-6-5-7-9-19)23(34-4)20(17-35-25(30)32)18-10-11-21(28)22(29)16-18/h5-11,16,20,23-24,33H,12-15,17H2,1-4H3,(H2,30,32). The van der Waals surface area contributed by atoms with Crippen molar-refractivity contribution in [1.29, 1.82) is 0 Å². The molecule has 1 fully saturated rings. The summed E-state index contributed by atoms with van der Waals surface area (Å²) in [5, 5.41) is 12.2. The highest BCUT2D eigenvalue weighted by Crippen LogP contribution is 2.41. The normalized spacial score (nSPS) is 19.1. The first-order chi connectivity index (χ1) is 16.5. The first-order valence-corrected chi connectivity index (χ1v) is 12.6. The zero-order valence-electron chi connectivity index (χ0n) is 20.8. The lowest BCUT2D eigenvalue weighted by atomic mass is 9.74. The third-order valence-electron chi connectivity index (χ3n) is 6.97. The van der Waals surface area contributed by atoms with E-state index in [4.69, 9.17) is 38.4 Å². The molecule has 3 rings (SSSR count). The predicted octanol–water partition coefficient (Wildman–Crippen LogP) is 5.59. The SMILES string of the molecule is COC(C(COC(N)=O)c1ccc(Cl)c(Cl)c1)C(N1CCC(O)(c2ccccc2)CC1)C(C)(C)C. The van der Waals surface area contributed by atoms with E-state index < -0.39 is 11.7 Å². The van der Waals surface area contributed by atoms with Crippen molar-refractivity contribution in [2.45, 2.75) is 57.3 Å². The Bertz CT molecular complexity index is 988. The van der Waals surface area contributed by atoms with Crippen LogP contribution in [0.2, 0.25) is 10.0 Å². The van der Waals surface area contributed by atoms with Crippen molar-refractivity contribution >= 4 is 29.3 Å². The number of carbonyl (C=O) groups excluding carboxylic acids is 1. The quantitative estimate of drug-likeness (QED) is 0.472. The third kappa shape index (κ3) is 6.69. The van der Waals surface area contributed by atoms with Gasteiger partial charge in [0.15, 0.2) is 0 Å². The summed E-state index contributed by atoms with van der Waals surface area (Å²) in [6.45, 7) is 7.93. The second kappa shape index (κ2) is 11.5. The fourth-order valence-corrected chi connectivity index (χ4v) is 5.57. The molecule has 1 heterocycles. The van der Waals surface area contributed by atoms with Crippen LogP contribution in [0.5, 0.6) is 0 Å². The second-order valence-corrected chi connectivity index (χ2v) is 11.2. The number of halogens is 2. The molecule has 6 nitrogen and oxygen atoms in total. The van der Waals surface area contributed by atoms with Gasteiger partial charge in [-0.3, -0.25) is 4.90 Å². The molecule has 2 aromatic rings. The molecule has 192 valence electrons. The van der Waals surface area contributed by atoms with Crippen LogP contribution in [0.25, 0.3) is 0 Å². The molecule has 0 aromatic heterocycles. The number of methoxy groups -OCH3 is 1. The van der Waals surface area contributed by atoms with Crippen LogP contribution in [-0.4, -0.2) is 55.1 Å². The van der Waals surface area contributed by atoms with Gasteiger partial charge in [-0.1, -0.05) is 80.4 Å². The van der Waals surface area contributed by atoms with Gasteiger partial charge in [-0.05, 0) is 41.5 Å². The minimum absolute atomic E-state index is 0.0418. The number of benzene rings is 2. The fraction of sp³-hybridized carbons (Fsp3) is 0.519. The summed E-state index contributed by atoms with van der Waals surface area (Å²) in [6, 6.07) is 15.2. The topological polar surface area (TPSA) is 85.0 Å². The fourth-order valence-electron chi connectivity index (χ4n) is 5.27. The summed E-state index contributed by atoms with van der Waals surface area (Å²) in [5.74, 6) is -0.332. The average Bonchev–Trinajstić information content (AvgIpc) is 2.81. The van der Waals surface area contributed by atoms with Crippen LogP contribution < -0.4 is 5.73 Å². The van der Waals surface area contributed by atoms with Gasteiger partial charge in [0.05, 0.1) is 21.8 Å². The molecule has 3 unspecified atom stereocenters. The molecule has 8 heteroatoms. The van der Waals surface area contributed by atoms with Gasteiger partial charge < -0.3 is 20.3 Å². The second-order valence-electron chi connectivity index (χ2n) is 10.4. The van der Waals surface area contributed by atoms with Crippen molar-refractivity contribution in [1.82, 2.24) is 4.90 Å². The molecule has 1 saturated heterocycles. The van der Waals surface area contributed by atoms with E-state index in [1.54, 1.807) is 19.2 Å². The number of hydrogen-bond acceptors (Lipinski definition) is 5. The molecule has 2 aromatic carbocycles. The Labute approximate surface area is 218 Å². The first-order valence-electron chi connectivity index (χ1n) is 11.9. The summed E-state index contributed by atoms with van der Waals surface area (Å²) < 4.78 is 11.4. The van der Waals surface area contributed by atoms with E-state index in [-0.39, 0.29) is 30.1 Å². The summed E-state index contributed by atoms with van der Waals surface area (Å²) in [7, 11) is 1.67. The molecule has 35 heavy (non-hydrogen) atoms. The highest BCUT2D eigenvalue weighted by molar-refractivity contribution is 6.42. The van der Waals surface area contributed by atoms with Gasteiger partial charge in [-0.2, -0.15) is 0 Å². The molecule has 0 saturated carbocycles. The van der Waals surface area contributed by atoms with Crippen molar-refractivity contribution in [3.05, 3.63) is 69.7 Å². The smallest absolute Gasteiger partial charge is 0.404 e. The van der Waals surface area contributed by atoms with Crippen LogP contribution in [0, 0.1) is 5.41 Å². The van der Waals surface area contributed by atoms with E-state index in [1.807, 2.05) is 36.4 Å². The van der Waals surface area contributed by atoms with Gasteiger partial charge in [0.2, 0.25) is 0 Å². The molecule has 1 aliphatic heterocycles. The van der Waals surface area contributed by atoms with Crippen LogP contribution in [0.3, 0.4) is 0 Å². The molecule has 3 N–H and O–H groups in total. The number of amides is 1. The molecular formula is C27H36Cl2N2O4. The van der Waals surface area contributed by atoms with Crippen LogP contribution in [0.1, 0.15) is 50.7 Å². The Morgan fingerprint density at radius 1 is 1.11 bits per heavy atom. The number of rotatable bonds is 8. The molecule has 0 radical (unpaired) electrons. The Balaban J connectivity index is 1.92. The van der Waals surface area contributed by atoms with Crippen molar-refractivity contribution in [3.8, 4) is 0 Å². The number of ether oxygens (including phenoxy) is 2. The largest absolute Gasteiger partial charge is 0.449 e. The number of carbonyl (C=O) groups is 1. The van der Waals surface area contributed by atoms with Crippen LogP contribution in [0.15, 0.2) is 48.5 Å². The van der Waals surface area contributed by atoms with Gasteiger partial charge in [-0.15, -0.1) is 0 Å². The number of hydrogen-bond donors (Lipinski definition) is 2. The van der Waals surface area contributed by atoms with Crippen LogP contribution in [0.4, 0.5) is 4.79 Å². The summed E-state index contributed by atoms with van der Waals surface area (Å²) in [4.78, 5) is 13.9. The molecular weight excluding hydrogens is 487 g/mol. The third-order valence-corrected chi connectivity index (χ3v) is 7.71. The van der Waals surface area contributed by atoms with Gasteiger partial charge in [0.1, 0.15) is 6.61 Å². The number of nitrogens with zero attached hydrogens (tertiary/aromatic N) is 1. The molecule has 0 aliphatic carbocycles. The summed E-state index contributed by atoms with van der Waals surface area (Å²) >= 11 is 12.5. The molecule has 0 spiro atoms. The van der Waals surface area contributed by atoms with Crippen molar-refractivity contribution in [2.24, 2.45) is 11.1 Å². The van der Waals surface area contributed by atoms with Gasteiger partial charge in [0, 0.05) is 32.2 Å². The highest BCUT2D eigenvalue weighted by Gasteiger charge is 2.45. The predicted molar refractivity (Wildman–Crippen MR) is 140 cm³/mol. The molecule has 3 atom stereocenters. The maximum atomic E-state index is 11.5. The summed E-state index contributed by atoms with van der Waals surface area (Å²) in [5.41, 5.74) is 6.06. The highest BCUT2D eigenvalue weighted by atomic mass is 35.5. The van der Waals surface area contributed by atoms with E-state index in [2.05, 4.69) is 25.7 Å². The van der Waals surface area contributed by atoms with Crippen molar-refractivity contribution in [3.63, 3.8) is 0 Å². The van der Waals surface area contributed by atoms with E-state index in [9.17, 15) is 9.90 Å². The zero-order chi connectivity index (χ0) is 25.8. The maximum Gasteiger partial charge on any atom is 0.404 e. The number of primary amides is 1. The number of nitrogens with two attached hydrogens (primary N) is 1. The van der Waals surface area contributed by atoms with E-state index in [1.165, 1.54) is 0 Å². The first kappa shape index (κ1) is 27.8. The molecule has 0 bridgehead atoms. The van der Waals surface area contributed by atoms with E-state index in [0.29, 0.717) is 36.0 Å². The number of aliphatic hydroxyl groups is 1. The van der Waals surface area contributed by atoms with Crippen molar-refractivity contribution < 1.29 is 19.4 Å². The minimum Gasteiger partial charge on any atom is -0.449 e. The Morgan fingerprint density at radius 2 is 1.74 bits per heavy atom. The van der Waals surface area contributed by atoms with Crippen LogP contribution in [-0.2, 0) is 15.1 Å². The lowest BCUT2D eigenvalue weighted by Crippen LogP contribution is -2.58. The minimum atomic E-state index is -0.860. The molecule has 1 aliphatic rings. The lowest BCUT2D eigenvalue weighted by molar-refractivity contribution is -0.0940. The lowest BCUT2D eigenvalue weighted by Gasteiger charge is -2.50. The van der Waals surface area contributed by atoms with E-state index in [0.717, 1.165) is 11.1 Å². The average molecular weight is 524 g/mol. The van der Waals surface area contributed by atoms with Gasteiger partial charge in [-0.25, -0.2) is 4.79 Å². The zero-order valence-corrected chi connectivity index (χ0v) is 22.4. The van der Waals surface area contributed by atoms with E-state index >= 15 is 0 Å². The maximum absolute atomic E-state index is 11.5. The number of piperidine rings is 1. The van der Waals surface area contributed by atoms with Gasteiger partial charge >= 0.3 is 6.09 Å². The Hall–Kier alpha value is -1.83. The Morgan fingerprint density at radius 3 is 2.26 bits per heavy atom. The van der Waals surface area contributed by atoms with Crippen LogP contribution >= 0.6 is 23.2 Å². The molecule has 1 amide bonds. The Kier molecular flexibility index (Phi) is 9.11. The monoisotopic (exact) mass is 522 g/mol. The summed E-state index contributed by atoms with van der Waals surface area (Å²) in [6.07, 6.45) is 0.0162. The number of likely N-dealkylation sites (tertiary alicyclic amines) is 1. The van der Waals surface area contributed by atoms with Gasteiger partial charge in [0.25, 0.3) is 0 Å².